The lowest BCUT2D eigenvalue weighted by Gasteiger charge is -2.45. The number of carboxylic acids is 1. The second-order valence-corrected chi connectivity index (χ2v) is 9.69. The van der Waals surface area contributed by atoms with Crippen molar-refractivity contribution >= 4 is 5.97 Å². The first-order chi connectivity index (χ1) is 15.9. The minimum atomic E-state index is -0.853. The van der Waals surface area contributed by atoms with Crippen molar-refractivity contribution in [2.24, 2.45) is 5.92 Å². The van der Waals surface area contributed by atoms with Crippen LogP contribution in [0.25, 0.3) is 0 Å². The third-order valence-electron chi connectivity index (χ3n) is 7.41. The second-order valence-electron chi connectivity index (χ2n) is 9.69. The lowest BCUT2D eigenvalue weighted by Crippen LogP contribution is -2.44. The molecule has 1 saturated heterocycles. The maximum Gasteiger partial charge on any atom is 0.320 e. The van der Waals surface area contributed by atoms with Crippen molar-refractivity contribution in [3.8, 4) is 11.8 Å². The molecule has 2 aromatic carbocycles. The number of nitrogens with zero attached hydrogens (tertiary/aromatic N) is 2. The van der Waals surface area contributed by atoms with Gasteiger partial charge in [-0.05, 0) is 81.4 Å². The van der Waals surface area contributed by atoms with Gasteiger partial charge in [0.05, 0.1) is 11.6 Å². The van der Waals surface area contributed by atoms with E-state index in [1.807, 2.05) is 12.1 Å². The van der Waals surface area contributed by atoms with Gasteiger partial charge < -0.3 is 15.2 Å². The van der Waals surface area contributed by atoms with E-state index in [1.165, 1.54) is 5.56 Å². The maximum atomic E-state index is 11.2. The van der Waals surface area contributed by atoms with Crippen LogP contribution in [0.2, 0.25) is 0 Å². The van der Waals surface area contributed by atoms with Gasteiger partial charge in [0.1, 0.15) is 17.9 Å². The normalized spacial score (nSPS) is 27.3. The predicted molar refractivity (Wildman–Crippen MR) is 127 cm³/mol. The maximum absolute atomic E-state index is 11.2. The molecule has 0 unspecified atom stereocenters. The fraction of sp³-hybridized carbons (Fsp3) is 0.481. The molecule has 1 aliphatic carbocycles. The first-order valence-corrected chi connectivity index (χ1v) is 11.8. The Balaban J connectivity index is 1.43. The molecule has 0 radical (unpaired) electrons. The Bertz CT molecular complexity index is 1010. The van der Waals surface area contributed by atoms with Crippen LogP contribution in [-0.4, -0.2) is 48.8 Å². The largest absolute Gasteiger partial charge is 0.489 e. The molecule has 0 amide bonds. The molecule has 4 rings (SSSR count). The highest BCUT2D eigenvalue weighted by Crippen LogP contribution is 2.44. The zero-order valence-electron chi connectivity index (χ0n) is 19.5. The van der Waals surface area contributed by atoms with Gasteiger partial charge in [0.25, 0.3) is 0 Å². The van der Waals surface area contributed by atoms with Crippen LogP contribution in [0, 0.1) is 17.2 Å². The van der Waals surface area contributed by atoms with Crippen molar-refractivity contribution in [3.05, 3.63) is 65.2 Å². The third kappa shape index (κ3) is 5.21. The Hall–Kier alpha value is -2.88. The molecule has 6 heteroatoms. The minimum absolute atomic E-state index is 0.0800. The lowest BCUT2D eigenvalue weighted by molar-refractivity contribution is -0.139. The number of ether oxygens (including phenoxy) is 1. The smallest absolute Gasteiger partial charge is 0.320 e. The SMILES string of the molecule is CN(C)[C@]1(c2ccccc2)CC[C@@H](Cc2cc(C#N)cc(O[C@@H]3CN[C@H](C(=O)O)C3)c2)CC1. The van der Waals surface area contributed by atoms with Crippen LogP contribution >= 0.6 is 0 Å². The van der Waals surface area contributed by atoms with Crippen molar-refractivity contribution in [1.29, 1.82) is 5.26 Å². The fourth-order valence-electron chi connectivity index (χ4n) is 5.52. The fourth-order valence-corrected chi connectivity index (χ4v) is 5.52. The van der Waals surface area contributed by atoms with Crippen LogP contribution < -0.4 is 10.1 Å². The van der Waals surface area contributed by atoms with Crippen molar-refractivity contribution in [2.45, 2.75) is 56.2 Å². The highest BCUT2D eigenvalue weighted by Gasteiger charge is 2.38. The van der Waals surface area contributed by atoms with E-state index in [9.17, 15) is 15.2 Å². The van der Waals surface area contributed by atoms with E-state index in [-0.39, 0.29) is 11.6 Å². The number of carboxylic acid groups (broad SMARTS) is 1. The molecule has 2 fully saturated rings. The molecule has 33 heavy (non-hydrogen) atoms. The predicted octanol–water partition coefficient (Wildman–Crippen LogP) is 3.94. The quantitative estimate of drug-likeness (QED) is 0.669. The monoisotopic (exact) mass is 447 g/mol. The standard InChI is InChI=1S/C27H33N3O3/c1-30(2)27(22-6-4-3-5-7-22)10-8-19(9-11-27)12-20-13-21(17-28)15-23(14-20)33-24-16-25(26(31)32)29-18-24/h3-7,13-15,19,24-25,29H,8-12,16,18H2,1-2H3,(H,31,32)/t19-,24-,25-,27-/m0/s1. The topological polar surface area (TPSA) is 85.6 Å². The average Bonchev–Trinajstić information content (AvgIpc) is 3.29. The molecule has 1 heterocycles. The molecule has 6 nitrogen and oxygen atoms in total. The third-order valence-corrected chi connectivity index (χ3v) is 7.41. The van der Waals surface area contributed by atoms with Gasteiger partial charge in [-0.1, -0.05) is 30.3 Å². The summed E-state index contributed by atoms with van der Waals surface area (Å²) < 4.78 is 6.07. The summed E-state index contributed by atoms with van der Waals surface area (Å²) >= 11 is 0. The van der Waals surface area contributed by atoms with Crippen LogP contribution in [0.5, 0.6) is 5.75 Å². The summed E-state index contributed by atoms with van der Waals surface area (Å²) in [5.41, 5.74) is 3.18. The average molecular weight is 448 g/mol. The first-order valence-electron chi connectivity index (χ1n) is 11.8. The molecular formula is C27H33N3O3. The number of nitriles is 1. The van der Waals surface area contributed by atoms with Gasteiger partial charge in [-0.25, -0.2) is 0 Å². The molecule has 174 valence electrons. The summed E-state index contributed by atoms with van der Waals surface area (Å²) in [6.07, 6.45) is 5.63. The van der Waals surface area contributed by atoms with E-state index in [2.05, 4.69) is 60.7 Å². The molecule has 1 saturated carbocycles. The summed E-state index contributed by atoms with van der Waals surface area (Å²) in [6, 6.07) is 18.2. The molecule has 0 aromatic heterocycles. The molecule has 2 atom stereocenters. The Kier molecular flexibility index (Phi) is 7.02. The summed E-state index contributed by atoms with van der Waals surface area (Å²) in [5, 5.41) is 21.7. The molecular weight excluding hydrogens is 414 g/mol. The molecule has 2 aliphatic rings. The van der Waals surface area contributed by atoms with Gasteiger partial charge in [-0.2, -0.15) is 5.26 Å². The van der Waals surface area contributed by atoms with Gasteiger partial charge in [-0.15, -0.1) is 0 Å². The van der Waals surface area contributed by atoms with E-state index in [0.29, 0.717) is 30.2 Å². The van der Waals surface area contributed by atoms with Gasteiger partial charge in [0, 0.05) is 18.5 Å². The first kappa shape index (κ1) is 23.3. The number of nitrogens with one attached hydrogen (secondary N) is 1. The highest BCUT2D eigenvalue weighted by atomic mass is 16.5. The Morgan fingerprint density at radius 3 is 2.55 bits per heavy atom. The summed E-state index contributed by atoms with van der Waals surface area (Å²) in [4.78, 5) is 13.6. The van der Waals surface area contributed by atoms with Crippen LogP contribution in [0.1, 0.15) is 48.8 Å². The summed E-state index contributed by atoms with van der Waals surface area (Å²) in [7, 11) is 4.36. The minimum Gasteiger partial charge on any atom is -0.489 e. The van der Waals surface area contributed by atoms with E-state index >= 15 is 0 Å². The number of aliphatic carboxylic acids is 1. The van der Waals surface area contributed by atoms with E-state index in [0.717, 1.165) is 37.7 Å². The second kappa shape index (κ2) is 9.94. The lowest BCUT2D eigenvalue weighted by atomic mass is 9.70. The number of carbonyl (C=O) groups is 1. The number of benzene rings is 2. The highest BCUT2D eigenvalue weighted by molar-refractivity contribution is 5.73. The molecule has 2 N–H and O–H groups in total. The van der Waals surface area contributed by atoms with Crippen molar-refractivity contribution in [1.82, 2.24) is 10.2 Å². The van der Waals surface area contributed by atoms with Crippen molar-refractivity contribution in [2.75, 3.05) is 20.6 Å². The molecule has 0 spiro atoms. The number of rotatable bonds is 7. The Labute approximate surface area is 196 Å². The van der Waals surface area contributed by atoms with Crippen LogP contribution in [0.3, 0.4) is 0 Å². The molecule has 1 aliphatic heterocycles. The van der Waals surface area contributed by atoms with Gasteiger partial charge in [0.2, 0.25) is 0 Å². The van der Waals surface area contributed by atoms with Crippen LogP contribution in [0.4, 0.5) is 0 Å². The van der Waals surface area contributed by atoms with Crippen molar-refractivity contribution in [3.63, 3.8) is 0 Å². The Morgan fingerprint density at radius 2 is 1.94 bits per heavy atom. The van der Waals surface area contributed by atoms with Crippen LogP contribution in [0.15, 0.2) is 48.5 Å². The van der Waals surface area contributed by atoms with E-state index in [4.69, 9.17) is 4.74 Å². The molecule has 0 bridgehead atoms. The number of hydrogen-bond donors (Lipinski definition) is 2. The van der Waals surface area contributed by atoms with Gasteiger partial charge >= 0.3 is 5.97 Å². The van der Waals surface area contributed by atoms with Gasteiger partial charge in [-0.3, -0.25) is 9.69 Å². The number of hydrogen-bond acceptors (Lipinski definition) is 5. The van der Waals surface area contributed by atoms with E-state index in [1.54, 1.807) is 6.07 Å². The zero-order chi connectivity index (χ0) is 23.4. The summed E-state index contributed by atoms with van der Waals surface area (Å²) in [5.74, 6) is 0.368. The molecule has 2 aromatic rings. The Morgan fingerprint density at radius 1 is 1.21 bits per heavy atom. The zero-order valence-corrected chi connectivity index (χ0v) is 19.5. The summed E-state index contributed by atoms with van der Waals surface area (Å²) in [6.45, 7) is 0.498. The van der Waals surface area contributed by atoms with Crippen LogP contribution in [-0.2, 0) is 16.8 Å². The van der Waals surface area contributed by atoms with Gasteiger partial charge in [0.15, 0.2) is 0 Å². The van der Waals surface area contributed by atoms with E-state index < -0.39 is 12.0 Å². The van der Waals surface area contributed by atoms with Crippen molar-refractivity contribution < 1.29 is 14.6 Å².